The number of hydrogen-bond acceptors (Lipinski definition) is 6. The van der Waals surface area contributed by atoms with E-state index in [2.05, 4.69) is 5.32 Å². The summed E-state index contributed by atoms with van der Waals surface area (Å²) in [5.41, 5.74) is 0.0573. The van der Waals surface area contributed by atoms with E-state index in [0.29, 0.717) is 21.4 Å². The number of anilines is 1. The van der Waals surface area contributed by atoms with Gasteiger partial charge in [0.25, 0.3) is 10.0 Å². The average molecular weight is 651 g/mol. The second-order valence-corrected chi connectivity index (χ2v) is 13.5. The Bertz CT molecular complexity index is 1540. The third-order valence-electron chi connectivity index (χ3n) is 6.50. The van der Waals surface area contributed by atoms with Crippen LogP contribution in [0, 0.1) is 0 Å². The second-order valence-electron chi connectivity index (χ2n) is 10.8. The van der Waals surface area contributed by atoms with Crippen LogP contribution in [0.25, 0.3) is 0 Å². The quantitative estimate of drug-likeness (QED) is 0.261. The summed E-state index contributed by atoms with van der Waals surface area (Å²) in [5, 5.41) is 3.65. The van der Waals surface area contributed by atoms with Crippen molar-refractivity contribution in [2.24, 2.45) is 0 Å². The van der Waals surface area contributed by atoms with Gasteiger partial charge in [-0.05, 0) is 69.2 Å². The molecule has 0 fully saturated rings. The molecule has 3 rings (SSSR count). The highest BCUT2D eigenvalue weighted by Gasteiger charge is 2.36. The molecule has 0 heterocycles. The minimum atomic E-state index is -4.30. The van der Waals surface area contributed by atoms with Crippen LogP contribution >= 0.6 is 23.2 Å². The highest BCUT2D eigenvalue weighted by Crippen LogP contribution is 2.36. The molecule has 3 aromatic carbocycles. The van der Waals surface area contributed by atoms with Gasteiger partial charge in [0, 0.05) is 28.2 Å². The van der Waals surface area contributed by atoms with Crippen molar-refractivity contribution in [3.8, 4) is 11.5 Å². The van der Waals surface area contributed by atoms with E-state index in [1.54, 1.807) is 55.5 Å². The Kier molecular flexibility index (Phi) is 11.3. The Balaban J connectivity index is 2.17. The first kappa shape index (κ1) is 34.0. The number of carbonyl (C=O) groups excluding carboxylic acids is 2. The van der Waals surface area contributed by atoms with Gasteiger partial charge in [-0.2, -0.15) is 0 Å². The third-order valence-corrected chi connectivity index (χ3v) is 8.87. The van der Waals surface area contributed by atoms with Crippen LogP contribution in [0.3, 0.4) is 0 Å². The summed E-state index contributed by atoms with van der Waals surface area (Å²) in [5.74, 6) is -0.452. The van der Waals surface area contributed by atoms with Crippen molar-refractivity contribution in [1.82, 2.24) is 10.2 Å². The number of rotatable bonds is 12. The number of carbonyl (C=O) groups is 2. The lowest BCUT2D eigenvalue weighted by Gasteiger charge is -2.35. The van der Waals surface area contributed by atoms with Crippen molar-refractivity contribution >= 4 is 50.7 Å². The lowest BCUT2D eigenvalue weighted by Crippen LogP contribution is -2.55. The second kappa shape index (κ2) is 14.3. The first-order chi connectivity index (χ1) is 20.2. The van der Waals surface area contributed by atoms with Gasteiger partial charge in [0.05, 0.1) is 24.8 Å². The summed E-state index contributed by atoms with van der Waals surface area (Å²) in [6.45, 7) is 6.57. The Hall–Kier alpha value is -3.47. The molecule has 0 bridgehead atoms. The molecular weight excluding hydrogens is 613 g/mol. The summed E-state index contributed by atoms with van der Waals surface area (Å²) in [6.07, 6.45) is 0.257. The normalized spacial score (nSPS) is 12.3. The predicted octanol–water partition coefficient (Wildman–Crippen LogP) is 5.93. The van der Waals surface area contributed by atoms with Gasteiger partial charge < -0.3 is 19.7 Å². The Morgan fingerprint density at radius 3 is 2.19 bits per heavy atom. The van der Waals surface area contributed by atoms with Crippen LogP contribution < -0.4 is 19.1 Å². The molecule has 232 valence electrons. The average Bonchev–Trinajstić information content (AvgIpc) is 2.95. The zero-order valence-corrected chi connectivity index (χ0v) is 27.4. The molecule has 0 aliphatic carbocycles. The van der Waals surface area contributed by atoms with E-state index < -0.39 is 34.1 Å². The number of nitrogens with one attached hydrogen (secondary N) is 1. The predicted molar refractivity (Wildman–Crippen MR) is 170 cm³/mol. The third kappa shape index (κ3) is 8.55. The lowest BCUT2D eigenvalue weighted by molar-refractivity contribution is -0.141. The highest BCUT2D eigenvalue weighted by atomic mass is 35.5. The van der Waals surface area contributed by atoms with Gasteiger partial charge in [-0.15, -0.1) is 0 Å². The summed E-state index contributed by atoms with van der Waals surface area (Å²) >= 11 is 12.6. The Morgan fingerprint density at radius 2 is 1.63 bits per heavy atom. The molecule has 2 amide bonds. The molecule has 12 heteroatoms. The van der Waals surface area contributed by atoms with Crippen molar-refractivity contribution in [1.29, 1.82) is 0 Å². The van der Waals surface area contributed by atoms with Gasteiger partial charge >= 0.3 is 0 Å². The van der Waals surface area contributed by atoms with Crippen LogP contribution in [-0.4, -0.2) is 57.5 Å². The molecule has 0 aliphatic rings. The number of nitrogens with zero attached hydrogens (tertiary/aromatic N) is 2. The zero-order chi connectivity index (χ0) is 31.9. The van der Waals surface area contributed by atoms with E-state index in [-0.39, 0.29) is 35.2 Å². The number of halogens is 2. The van der Waals surface area contributed by atoms with Crippen LogP contribution in [-0.2, 0) is 26.2 Å². The van der Waals surface area contributed by atoms with Crippen molar-refractivity contribution in [3.05, 3.63) is 82.3 Å². The van der Waals surface area contributed by atoms with E-state index in [1.807, 2.05) is 20.8 Å². The highest BCUT2D eigenvalue weighted by molar-refractivity contribution is 7.92. The maximum absolute atomic E-state index is 14.3. The molecule has 0 saturated carbocycles. The largest absolute Gasteiger partial charge is 0.497 e. The van der Waals surface area contributed by atoms with E-state index in [0.717, 1.165) is 4.31 Å². The number of methoxy groups -OCH3 is 2. The van der Waals surface area contributed by atoms with Gasteiger partial charge in [0.15, 0.2) is 0 Å². The molecule has 0 aromatic heterocycles. The molecule has 1 atom stereocenters. The zero-order valence-electron chi connectivity index (χ0n) is 25.1. The first-order valence-corrected chi connectivity index (χ1v) is 15.8. The molecular formula is C31H37Cl2N3O6S. The summed E-state index contributed by atoms with van der Waals surface area (Å²) in [4.78, 5) is 29.1. The molecule has 0 spiro atoms. The number of amides is 2. The lowest BCUT2D eigenvalue weighted by atomic mass is 10.1. The molecule has 43 heavy (non-hydrogen) atoms. The topological polar surface area (TPSA) is 105 Å². The van der Waals surface area contributed by atoms with Gasteiger partial charge in [-0.1, -0.05) is 54.4 Å². The maximum atomic E-state index is 14.3. The van der Waals surface area contributed by atoms with Gasteiger partial charge in [0.2, 0.25) is 11.8 Å². The van der Waals surface area contributed by atoms with Crippen molar-refractivity contribution in [2.75, 3.05) is 25.1 Å². The van der Waals surface area contributed by atoms with Crippen molar-refractivity contribution < 1.29 is 27.5 Å². The van der Waals surface area contributed by atoms with Crippen LogP contribution in [0.2, 0.25) is 10.0 Å². The minimum absolute atomic E-state index is 0.0301. The van der Waals surface area contributed by atoms with Crippen LogP contribution in [0.1, 0.15) is 39.7 Å². The number of sulfonamides is 1. The molecule has 0 saturated heterocycles. The fourth-order valence-corrected chi connectivity index (χ4v) is 6.34. The molecule has 0 unspecified atom stereocenters. The van der Waals surface area contributed by atoms with Gasteiger partial charge in [-0.25, -0.2) is 8.42 Å². The van der Waals surface area contributed by atoms with E-state index in [9.17, 15) is 18.0 Å². The number of hydrogen-bond donors (Lipinski definition) is 1. The smallest absolute Gasteiger partial charge is 0.264 e. The molecule has 9 nitrogen and oxygen atoms in total. The number of ether oxygens (including phenoxy) is 2. The first-order valence-electron chi connectivity index (χ1n) is 13.6. The van der Waals surface area contributed by atoms with Gasteiger partial charge in [-0.3, -0.25) is 13.9 Å². The van der Waals surface area contributed by atoms with E-state index in [4.69, 9.17) is 32.7 Å². The van der Waals surface area contributed by atoms with Crippen LogP contribution in [0.4, 0.5) is 5.69 Å². The van der Waals surface area contributed by atoms with E-state index in [1.165, 1.54) is 37.3 Å². The van der Waals surface area contributed by atoms with Crippen molar-refractivity contribution in [3.63, 3.8) is 0 Å². The van der Waals surface area contributed by atoms with Crippen LogP contribution in [0.5, 0.6) is 11.5 Å². The van der Waals surface area contributed by atoms with E-state index >= 15 is 0 Å². The Morgan fingerprint density at radius 1 is 0.953 bits per heavy atom. The molecule has 0 aliphatic heterocycles. The fourth-order valence-electron chi connectivity index (χ4n) is 4.43. The SMILES string of the molecule is CC[C@@H](C(=O)NC(C)(C)C)N(Cc1ccc(Cl)cc1Cl)C(=O)CN(c1cc(OC)ccc1OC)S(=O)(=O)c1ccccc1. The molecule has 0 radical (unpaired) electrons. The summed E-state index contributed by atoms with van der Waals surface area (Å²) < 4.78 is 40.1. The summed E-state index contributed by atoms with van der Waals surface area (Å²) in [6, 6.07) is 16.3. The summed E-state index contributed by atoms with van der Waals surface area (Å²) in [7, 11) is -1.45. The monoisotopic (exact) mass is 649 g/mol. The molecule has 3 aromatic rings. The van der Waals surface area contributed by atoms with Crippen LogP contribution in [0.15, 0.2) is 71.6 Å². The number of benzene rings is 3. The maximum Gasteiger partial charge on any atom is 0.264 e. The van der Waals surface area contributed by atoms with Gasteiger partial charge in [0.1, 0.15) is 24.1 Å². The standard InChI is InChI=1S/C31H37Cl2N3O6S/c1-7-26(30(38)34-31(2,3)4)35(19-21-13-14-22(32)17-25(21)33)29(37)20-36(43(39,40)24-11-9-8-10-12-24)27-18-23(41-5)15-16-28(27)42-6/h8-18,26H,7,19-20H2,1-6H3,(H,34,38)/t26-/m0/s1. The van der Waals surface area contributed by atoms with Crippen molar-refractivity contribution in [2.45, 2.75) is 57.1 Å². The minimum Gasteiger partial charge on any atom is -0.497 e. The fraction of sp³-hybridized carbons (Fsp3) is 0.355. The Labute approximate surface area is 263 Å². The molecule has 1 N–H and O–H groups in total.